The number of guanidine groups is 1. The summed E-state index contributed by atoms with van der Waals surface area (Å²) in [5.41, 5.74) is 17.8. The second-order valence-electron chi connectivity index (χ2n) is 5.84. The van der Waals surface area contributed by atoms with E-state index in [2.05, 4.69) is 15.8 Å². The van der Waals surface area contributed by atoms with E-state index in [-0.39, 0.29) is 12.5 Å². The van der Waals surface area contributed by atoms with Crippen molar-refractivity contribution < 1.29 is 14.3 Å². The number of anilines is 1. The average molecular weight is 337 g/mol. The van der Waals surface area contributed by atoms with Crippen LogP contribution in [0.1, 0.15) is 5.56 Å². The maximum absolute atomic E-state index is 14.5. The maximum atomic E-state index is 14.5. The van der Waals surface area contributed by atoms with Gasteiger partial charge in [0.05, 0.1) is 12.2 Å². The number of hydrazine groups is 1. The summed E-state index contributed by atoms with van der Waals surface area (Å²) in [6.45, 7) is 2.26. The number of nitrogens with two attached hydrogens (primary N) is 2. The molecule has 24 heavy (non-hydrogen) atoms. The number of hydrogen-bond acceptors (Lipinski definition) is 8. The molecule has 130 valence electrons. The predicted molar refractivity (Wildman–Crippen MR) is 86.4 cm³/mol. The zero-order valence-corrected chi connectivity index (χ0v) is 13.0. The second-order valence-corrected chi connectivity index (χ2v) is 5.84. The van der Waals surface area contributed by atoms with Gasteiger partial charge in [-0.1, -0.05) is 6.07 Å². The zero-order valence-electron chi connectivity index (χ0n) is 13.0. The lowest BCUT2D eigenvalue weighted by atomic mass is 10.1. The van der Waals surface area contributed by atoms with Gasteiger partial charge < -0.3 is 15.7 Å². The number of aliphatic carboxylic acids is 1. The third kappa shape index (κ3) is 3.25. The molecule has 2 heterocycles. The Morgan fingerprint density at radius 3 is 2.62 bits per heavy atom. The highest BCUT2D eigenvalue weighted by Gasteiger charge is 2.32. The molecule has 0 aliphatic carbocycles. The molecule has 1 unspecified atom stereocenters. The largest absolute Gasteiger partial charge is 0.480 e. The number of nitrogens with zero attached hydrogens (tertiary/aromatic N) is 3. The van der Waals surface area contributed by atoms with Gasteiger partial charge in [0.25, 0.3) is 0 Å². The van der Waals surface area contributed by atoms with Crippen LogP contribution in [-0.4, -0.2) is 54.7 Å². The van der Waals surface area contributed by atoms with Gasteiger partial charge in [-0.25, -0.2) is 9.38 Å². The highest BCUT2D eigenvalue weighted by molar-refractivity contribution is 5.79. The zero-order chi connectivity index (χ0) is 17.3. The van der Waals surface area contributed by atoms with Gasteiger partial charge >= 0.3 is 5.97 Å². The molecular weight excluding hydrogens is 317 g/mol. The summed E-state index contributed by atoms with van der Waals surface area (Å²) in [5.74, 6) is -2.43. The van der Waals surface area contributed by atoms with E-state index in [1.807, 2.05) is 9.80 Å². The van der Waals surface area contributed by atoms with E-state index >= 15 is 0 Å². The number of piperazine rings is 1. The lowest BCUT2D eigenvalue weighted by Gasteiger charge is -2.35. The average Bonchev–Trinajstić information content (AvgIpc) is 2.88. The van der Waals surface area contributed by atoms with Gasteiger partial charge in [-0.2, -0.15) is 5.43 Å². The van der Waals surface area contributed by atoms with Gasteiger partial charge in [-0.15, -0.1) is 0 Å². The number of halogens is 1. The van der Waals surface area contributed by atoms with Crippen molar-refractivity contribution in [3.05, 3.63) is 29.6 Å². The van der Waals surface area contributed by atoms with Crippen molar-refractivity contribution >= 4 is 17.6 Å². The summed E-state index contributed by atoms with van der Waals surface area (Å²) in [4.78, 5) is 18.5. The fourth-order valence-corrected chi connectivity index (χ4v) is 2.88. The molecule has 0 bridgehead atoms. The van der Waals surface area contributed by atoms with Crippen LogP contribution in [0, 0.1) is 5.82 Å². The van der Waals surface area contributed by atoms with Crippen LogP contribution in [0.2, 0.25) is 0 Å². The number of carbonyl (C=O) groups is 1. The predicted octanol–water partition coefficient (Wildman–Crippen LogP) is -1.48. The Hall–Kier alpha value is -2.43. The molecule has 1 saturated heterocycles. The normalized spacial score (nSPS) is 24.6. The molecule has 1 atom stereocenters. The molecule has 0 aromatic heterocycles. The summed E-state index contributed by atoms with van der Waals surface area (Å²) in [7, 11) is 0. The van der Waals surface area contributed by atoms with E-state index in [0.29, 0.717) is 37.4 Å². The Bertz CT molecular complexity index is 675. The SMILES string of the molecule is NC1=NC(N)(c2ccc(N3CCN(CC(=O)O)CC3)c(F)c2)NN1. The van der Waals surface area contributed by atoms with Gasteiger partial charge in [0.2, 0.25) is 11.7 Å². The molecular formula is C14H20FN7O2. The molecule has 2 aliphatic heterocycles. The minimum atomic E-state index is -1.30. The third-order valence-electron chi connectivity index (χ3n) is 4.14. The summed E-state index contributed by atoms with van der Waals surface area (Å²) in [6.07, 6.45) is 0. The van der Waals surface area contributed by atoms with Crippen LogP contribution in [0.25, 0.3) is 0 Å². The molecule has 1 aromatic carbocycles. The first-order valence-electron chi connectivity index (χ1n) is 7.54. The summed E-state index contributed by atoms with van der Waals surface area (Å²) >= 11 is 0. The Kier molecular flexibility index (Phi) is 4.26. The number of hydrogen-bond donors (Lipinski definition) is 5. The first-order chi connectivity index (χ1) is 11.4. The van der Waals surface area contributed by atoms with Gasteiger partial charge in [-0.05, 0) is 12.1 Å². The van der Waals surface area contributed by atoms with Crippen LogP contribution in [0.3, 0.4) is 0 Å². The molecule has 9 nitrogen and oxygen atoms in total. The Morgan fingerprint density at radius 2 is 2.08 bits per heavy atom. The fraction of sp³-hybridized carbons (Fsp3) is 0.429. The standard InChI is InChI=1S/C14H20FN7O2/c15-10-7-9(14(17)18-13(16)19-20-14)1-2-11(10)22-5-3-21(4-6-22)8-12(23)24/h1-2,7,20H,3-6,8,17H2,(H,23,24)(H3,16,18,19). The molecule has 0 amide bonds. The van der Waals surface area contributed by atoms with E-state index in [1.54, 1.807) is 12.1 Å². The van der Waals surface area contributed by atoms with Crippen molar-refractivity contribution in [1.29, 1.82) is 0 Å². The van der Waals surface area contributed by atoms with Crippen LogP contribution < -0.4 is 27.2 Å². The number of carboxylic acid groups (broad SMARTS) is 1. The quantitative estimate of drug-likeness (QED) is 0.450. The van der Waals surface area contributed by atoms with Crippen LogP contribution in [0.4, 0.5) is 10.1 Å². The van der Waals surface area contributed by atoms with Crippen LogP contribution in [0.5, 0.6) is 0 Å². The van der Waals surface area contributed by atoms with E-state index in [9.17, 15) is 9.18 Å². The van der Waals surface area contributed by atoms with Crippen molar-refractivity contribution in [2.24, 2.45) is 16.5 Å². The summed E-state index contributed by atoms with van der Waals surface area (Å²) in [5, 5.41) is 8.81. The molecule has 1 fully saturated rings. The molecule has 7 N–H and O–H groups in total. The van der Waals surface area contributed by atoms with Crippen molar-refractivity contribution in [3.8, 4) is 0 Å². The van der Waals surface area contributed by atoms with Crippen LogP contribution in [0.15, 0.2) is 23.2 Å². The lowest BCUT2D eigenvalue weighted by Crippen LogP contribution is -2.50. The maximum Gasteiger partial charge on any atom is 0.317 e. The van der Waals surface area contributed by atoms with Crippen LogP contribution in [-0.2, 0) is 10.6 Å². The minimum absolute atomic E-state index is 0.00302. The third-order valence-corrected chi connectivity index (χ3v) is 4.14. The Morgan fingerprint density at radius 1 is 1.38 bits per heavy atom. The van der Waals surface area contributed by atoms with Crippen molar-refractivity contribution in [1.82, 2.24) is 15.8 Å². The van der Waals surface area contributed by atoms with Gasteiger partial charge in [0.15, 0.2) is 0 Å². The first kappa shape index (κ1) is 16.4. The summed E-state index contributed by atoms with van der Waals surface area (Å²) < 4.78 is 14.5. The van der Waals surface area contributed by atoms with E-state index in [0.717, 1.165) is 0 Å². The molecule has 3 rings (SSSR count). The van der Waals surface area contributed by atoms with Crippen molar-refractivity contribution in [3.63, 3.8) is 0 Å². The van der Waals surface area contributed by atoms with E-state index in [1.165, 1.54) is 6.07 Å². The number of rotatable bonds is 4. The van der Waals surface area contributed by atoms with Crippen molar-refractivity contribution in [2.45, 2.75) is 5.79 Å². The number of nitrogens with one attached hydrogen (secondary N) is 2. The minimum Gasteiger partial charge on any atom is -0.480 e. The molecule has 2 aliphatic rings. The van der Waals surface area contributed by atoms with Crippen molar-refractivity contribution in [2.75, 3.05) is 37.6 Å². The van der Waals surface area contributed by atoms with E-state index < -0.39 is 17.6 Å². The second kappa shape index (κ2) is 6.23. The lowest BCUT2D eigenvalue weighted by molar-refractivity contribution is -0.138. The molecule has 0 saturated carbocycles. The number of benzene rings is 1. The van der Waals surface area contributed by atoms with Crippen LogP contribution >= 0.6 is 0 Å². The molecule has 1 aromatic rings. The topological polar surface area (TPSA) is 132 Å². The smallest absolute Gasteiger partial charge is 0.317 e. The highest BCUT2D eigenvalue weighted by Crippen LogP contribution is 2.26. The molecule has 0 radical (unpaired) electrons. The van der Waals surface area contributed by atoms with E-state index in [4.69, 9.17) is 16.6 Å². The van der Waals surface area contributed by atoms with Gasteiger partial charge in [0.1, 0.15) is 5.82 Å². The van der Waals surface area contributed by atoms with Gasteiger partial charge in [-0.3, -0.25) is 20.9 Å². The van der Waals surface area contributed by atoms with Gasteiger partial charge in [0, 0.05) is 31.7 Å². The first-order valence-corrected chi connectivity index (χ1v) is 7.54. The number of carboxylic acids is 1. The highest BCUT2D eigenvalue weighted by atomic mass is 19.1. The number of aliphatic imine (C=N–C) groups is 1. The Labute approximate surface area is 138 Å². The Balaban J connectivity index is 1.71. The monoisotopic (exact) mass is 337 g/mol. The molecule has 10 heteroatoms. The fourth-order valence-electron chi connectivity index (χ4n) is 2.88. The molecule has 0 spiro atoms. The summed E-state index contributed by atoms with van der Waals surface area (Å²) in [6, 6.07) is 4.67.